The summed E-state index contributed by atoms with van der Waals surface area (Å²) in [6.07, 6.45) is 3.65. The molecule has 0 saturated heterocycles. The van der Waals surface area contributed by atoms with Crippen LogP contribution in [0.1, 0.15) is 18.9 Å². The van der Waals surface area contributed by atoms with E-state index < -0.39 is 11.6 Å². The Labute approximate surface area is 134 Å². The van der Waals surface area contributed by atoms with Crippen LogP contribution in [0.4, 0.5) is 8.78 Å². The van der Waals surface area contributed by atoms with Crippen LogP contribution in [0.25, 0.3) is 22.0 Å². The van der Waals surface area contributed by atoms with Crippen LogP contribution >= 0.6 is 11.3 Å². The third-order valence-electron chi connectivity index (χ3n) is 3.97. The summed E-state index contributed by atoms with van der Waals surface area (Å²) >= 11 is 1.35. The van der Waals surface area contributed by atoms with E-state index in [0.717, 1.165) is 25.0 Å². The van der Waals surface area contributed by atoms with Gasteiger partial charge < -0.3 is 5.73 Å². The molecular weight excluding hydrogens is 320 g/mol. The predicted molar refractivity (Wildman–Crippen MR) is 82.7 cm³/mol. The summed E-state index contributed by atoms with van der Waals surface area (Å²) in [6.45, 7) is 0. The van der Waals surface area contributed by atoms with Crippen LogP contribution in [0.15, 0.2) is 29.8 Å². The number of hydrogen-bond acceptors (Lipinski definition) is 5. The first-order valence-corrected chi connectivity index (χ1v) is 8.07. The fourth-order valence-corrected chi connectivity index (χ4v) is 3.38. The van der Waals surface area contributed by atoms with Gasteiger partial charge in [0.05, 0.1) is 12.2 Å². The van der Waals surface area contributed by atoms with Crippen molar-refractivity contribution in [3.63, 3.8) is 0 Å². The number of aromatic nitrogens is 4. The van der Waals surface area contributed by atoms with Crippen molar-refractivity contribution in [3.05, 3.63) is 41.4 Å². The summed E-state index contributed by atoms with van der Waals surface area (Å²) in [5, 5.41) is 10.7. The van der Waals surface area contributed by atoms with Gasteiger partial charge in [-0.05, 0) is 31.0 Å². The molecule has 118 valence electrons. The standard InChI is InChI=1S/C15H13F2N5S/c16-11-2-1-8(3-12(11)17)15-19-14(7-23-15)13-6-22(21-20-13)10-4-9(18)5-10/h1-3,6-7,9-10H,4-5,18H2. The van der Waals surface area contributed by atoms with E-state index in [1.165, 1.54) is 17.4 Å². The lowest BCUT2D eigenvalue weighted by atomic mass is 9.88. The summed E-state index contributed by atoms with van der Waals surface area (Å²) in [7, 11) is 0. The van der Waals surface area contributed by atoms with Crippen molar-refractivity contribution < 1.29 is 8.78 Å². The molecule has 2 heterocycles. The first kappa shape index (κ1) is 14.4. The highest BCUT2D eigenvalue weighted by molar-refractivity contribution is 7.13. The van der Waals surface area contributed by atoms with Crippen LogP contribution in [0.2, 0.25) is 0 Å². The van der Waals surface area contributed by atoms with E-state index in [0.29, 0.717) is 28.0 Å². The Morgan fingerprint density at radius 3 is 2.74 bits per heavy atom. The third-order valence-corrected chi connectivity index (χ3v) is 4.86. The molecule has 0 amide bonds. The molecule has 1 aromatic carbocycles. The van der Waals surface area contributed by atoms with Crippen LogP contribution in [-0.4, -0.2) is 26.0 Å². The zero-order valence-electron chi connectivity index (χ0n) is 12.0. The number of thiazole rings is 1. The minimum absolute atomic E-state index is 0.242. The number of benzene rings is 1. The quantitative estimate of drug-likeness (QED) is 0.800. The SMILES string of the molecule is NC1CC(n2cc(-c3csc(-c4ccc(F)c(F)c4)n3)nn2)C1. The molecule has 0 aliphatic heterocycles. The normalized spacial score (nSPS) is 20.5. The van der Waals surface area contributed by atoms with Gasteiger partial charge in [0, 0.05) is 17.0 Å². The predicted octanol–water partition coefficient (Wildman–Crippen LogP) is 3.01. The zero-order chi connectivity index (χ0) is 16.0. The van der Waals surface area contributed by atoms with Crippen LogP contribution in [0, 0.1) is 11.6 Å². The first-order chi connectivity index (χ1) is 11.1. The Bertz CT molecular complexity index is 853. The second-order valence-electron chi connectivity index (χ2n) is 5.64. The van der Waals surface area contributed by atoms with Crippen molar-refractivity contribution >= 4 is 11.3 Å². The maximum absolute atomic E-state index is 13.3. The lowest BCUT2D eigenvalue weighted by molar-refractivity contribution is 0.243. The third kappa shape index (κ3) is 2.64. The molecule has 0 atom stereocenters. The molecule has 2 aromatic heterocycles. The smallest absolute Gasteiger partial charge is 0.159 e. The van der Waals surface area contributed by atoms with Gasteiger partial charge >= 0.3 is 0 Å². The average molecular weight is 333 g/mol. The molecule has 3 aromatic rings. The fraction of sp³-hybridized carbons (Fsp3) is 0.267. The number of nitrogens with zero attached hydrogens (tertiary/aromatic N) is 4. The summed E-state index contributed by atoms with van der Waals surface area (Å²) in [5.74, 6) is -1.75. The Morgan fingerprint density at radius 1 is 1.17 bits per heavy atom. The maximum atomic E-state index is 13.3. The van der Waals surface area contributed by atoms with Crippen LogP contribution in [0.3, 0.4) is 0 Å². The largest absolute Gasteiger partial charge is 0.328 e. The fourth-order valence-electron chi connectivity index (χ4n) is 2.57. The van der Waals surface area contributed by atoms with Gasteiger partial charge in [0.1, 0.15) is 16.4 Å². The molecule has 8 heteroatoms. The second kappa shape index (κ2) is 5.47. The highest BCUT2D eigenvalue weighted by Crippen LogP contribution is 2.32. The monoisotopic (exact) mass is 333 g/mol. The minimum atomic E-state index is -0.883. The van der Waals surface area contributed by atoms with Gasteiger partial charge in [0.2, 0.25) is 0 Å². The summed E-state index contributed by atoms with van der Waals surface area (Å²) in [6, 6.07) is 4.29. The van der Waals surface area contributed by atoms with Crippen LogP contribution < -0.4 is 5.73 Å². The van der Waals surface area contributed by atoms with Crippen molar-refractivity contribution in [2.75, 3.05) is 0 Å². The maximum Gasteiger partial charge on any atom is 0.159 e. The average Bonchev–Trinajstić information content (AvgIpc) is 3.15. The lowest BCUT2D eigenvalue weighted by Gasteiger charge is -2.31. The molecule has 23 heavy (non-hydrogen) atoms. The van der Waals surface area contributed by atoms with Gasteiger partial charge in [-0.1, -0.05) is 5.21 Å². The van der Waals surface area contributed by atoms with Gasteiger partial charge in [-0.2, -0.15) is 0 Å². The highest BCUT2D eigenvalue weighted by atomic mass is 32.1. The van der Waals surface area contributed by atoms with Gasteiger partial charge in [-0.25, -0.2) is 18.4 Å². The van der Waals surface area contributed by atoms with Crippen LogP contribution in [0.5, 0.6) is 0 Å². The van der Waals surface area contributed by atoms with E-state index in [-0.39, 0.29) is 6.04 Å². The molecule has 0 spiro atoms. The van der Waals surface area contributed by atoms with Gasteiger partial charge in [0.15, 0.2) is 11.6 Å². The van der Waals surface area contributed by atoms with Gasteiger partial charge in [0.25, 0.3) is 0 Å². The molecule has 0 radical (unpaired) electrons. The second-order valence-corrected chi connectivity index (χ2v) is 6.49. The number of halogens is 2. The lowest BCUT2D eigenvalue weighted by Crippen LogP contribution is -2.37. The minimum Gasteiger partial charge on any atom is -0.328 e. The number of hydrogen-bond donors (Lipinski definition) is 1. The first-order valence-electron chi connectivity index (χ1n) is 7.19. The van der Waals surface area contributed by atoms with Crippen LogP contribution in [-0.2, 0) is 0 Å². The molecule has 1 fully saturated rings. The Morgan fingerprint density at radius 2 is 2.00 bits per heavy atom. The Kier molecular flexibility index (Phi) is 3.42. The van der Waals surface area contributed by atoms with Gasteiger partial charge in [-0.15, -0.1) is 16.4 Å². The van der Waals surface area contributed by atoms with E-state index in [4.69, 9.17) is 5.73 Å². The molecule has 1 saturated carbocycles. The summed E-state index contributed by atoms with van der Waals surface area (Å²) < 4.78 is 28.2. The van der Waals surface area contributed by atoms with Crippen molar-refractivity contribution in [1.29, 1.82) is 0 Å². The topological polar surface area (TPSA) is 69.6 Å². The molecule has 5 nitrogen and oxygen atoms in total. The molecule has 0 unspecified atom stereocenters. The molecule has 1 aliphatic carbocycles. The Hall–Kier alpha value is -2.19. The number of nitrogens with two attached hydrogens (primary N) is 1. The number of rotatable bonds is 3. The van der Waals surface area contributed by atoms with Crippen molar-refractivity contribution in [2.24, 2.45) is 5.73 Å². The van der Waals surface area contributed by atoms with E-state index in [2.05, 4.69) is 15.3 Å². The molecule has 4 rings (SSSR count). The van der Waals surface area contributed by atoms with E-state index in [9.17, 15) is 8.78 Å². The van der Waals surface area contributed by atoms with E-state index >= 15 is 0 Å². The van der Waals surface area contributed by atoms with Crippen molar-refractivity contribution in [3.8, 4) is 22.0 Å². The van der Waals surface area contributed by atoms with Crippen molar-refractivity contribution in [2.45, 2.75) is 24.9 Å². The molecule has 2 N–H and O–H groups in total. The molecule has 0 bridgehead atoms. The summed E-state index contributed by atoms with van der Waals surface area (Å²) in [5.41, 5.74) is 7.66. The Balaban J connectivity index is 1.59. The van der Waals surface area contributed by atoms with Gasteiger partial charge in [-0.3, -0.25) is 0 Å². The van der Waals surface area contributed by atoms with Crippen molar-refractivity contribution in [1.82, 2.24) is 20.0 Å². The molecular formula is C15H13F2N5S. The summed E-state index contributed by atoms with van der Waals surface area (Å²) in [4.78, 5) is 4.44. The van der Waals surface area contributed by atoms with E-state index in [1.54, 1.807) is 0 Å². The molecule has 1 aliphatic rings. The zero-order valence-corrected chi connectivity index (χ0v) is 12.8. The highest BCUT2D eigenvalue weighted by Gasteiger charge is 2.28. The van der Waals surface area contributed by atoms with E-state index in [1.807, 2.05) is 16.3 Å².